The molecule has 1 aromatic heterocycles. The molecule has 1 heterocycles. The first-order valence-corrected chi connectivity index (χ1v) is 7.31. The Morgan fingerprint density at radius 1 is 1.40 bits per heavy atom. The van der Waals surface area contributed by atoms with Crippen LogP contribution in [0.5, 0.6) is 5.75 Å². The molecule has 0 saturated carbocycles. The molecule has 5 nitrogen and oxygen atoms in total. The van der Waals surface area contributed by atoms with Gasteiger partial charge in [0.15, 0.2) is 0 Å². The molecule has 2 aromatic rings. The van der Waals surface area contributed by atoms with Crippen molar-refractivity contribution in [3.8, 4) is 5.75 Å². The average Bonchev–Trinajstić information content (AvgIpc) is 2.85. The van der Waals surface area contributed by atoms with Crippen LogP contribution in [-0.2, 0) is 16.0 Å². The third kappa shape index (κ3) is 3.16. The van der Waals surface area contributed by atoms with Crippen molar-refractivity contribution in [3.05, 3.63) is 30.0 Å². The smallest absolute Gasteiger partial charge is 0.325 e. The maximum absolute atomic E-state index is 11.8. The van der Waals surface area contributed by atoms with Crippen molar-refractivity contribution in [1.29, 1.82) is 0 Å². The van der Waals surface area contributed by atoms with Crippen LogP contribution in [0.1, 0.15) is 5.56 Å². The van der Waals surface area contributed by atoms with Gasteiger partial charge < -0.3 is 14.5 Å². The van der Waals surface area contributed by atoms with Gasteiger partial charge in [-0.05, 0) is 23.8 Å². The van der Waals surface area contributed by atoms with Gasteiger partial charge in [0.2, 0.25) is 0 Å². The van der Waals surface area contributed by atoms with Gasteiger partial charge in [-0.3, -0.25) is 4.79 Å². The van der Waals surface area contributed by atoms with E-state index >= 15 is 0 Å². The summed E-state index contributed by atoms with van der Waals surface area (Å²) >= 11 is 6.47. The number of fused-ring (bicyclic) bond motifs is 1. The molecule has 0 fully saturated rings. The van der Waals surface area contributed by atoms with Gasteiger partial charge >= 0.3 is 5.97 Å². The van der Waals surface area contributed by atoms with Crippen LogP contribution in [0.25, 0.3) is 10.9 Å². The monoisotopic (exact) mass is 404 g/mol. The highest BCUT2D eigenvalue weighted by molar-refractivity contribution is 9.21. The van der Waals surface area contributed by atoms with E-state index in [4.69, 9.17) is 9.47 Å². The Balaban J connectivity index is 2.34. The molecule has 0 spiro atoms. The second-order valence-electron chi connectivity index (χ2n) is 4.23. The topological polar surface area (TPSA) is 54.6 Å². The van der Waals surface area contributed by atoms with Crippen molar-refractivity contribution in [3.63, 3.8) is 0 Å². The van der Waals surface area contributed by atoms with E-state index in [1.54, 1.807) is 7.11 Å². The number of nitrogens with one attached hydrogen (secondary N) is 1. The summed E-state index contributed by atoms with van der Waals surface area (Å²) < 4.78 is 11.5. The van der Waals surface area contributed by atoms with Crippen molar-refractivity contribution < 1.29 is 14.3 Å². The molecule has 0 radical (unpaired) electrons. The van der Waals surface area contributed by atoms with E-state index in [-0.39, 0.29) is 5.97 Å². The highest BCUT2D eigenvalue weighted by Gasteiger charge is 2.25. The molecule has 20 heavy (non-hydrogen) atoms. The number of nitrogens with zero attached hydrogens (tertiary/aromatic N) is 1. The molecule has 0 saturated heterocycles. The predicted octanol–water partition coefficient (Wildman–Crippen LogP) is 3.18. The number of carbonyl (C=O) groups is 1. The van der Waals surface area contributed by atoms with Gasteiger partial charge in [0.05, 0.1) is 14.2 Å². The molecular weight excluding hydrogens is 392 g/mol. The van der Waals surface area contributed by atoms with E-state index in [0.29, 0.717) is 6.42 Å². The lowest BCUT2D eigenvalue weighted by molar-refractivity contribution is -0.143. The van der Waals surface area contributed by atoms with E-state index in [1.165, 1.54) is 10.1 Å². The predicted molar refractivity (Wildman–Crippen MR) is 84.1 cm³/mol. The first-order valence-electron chi connectivity index (χ1n) is 5.89. The molecule has 1 atom stereocenters. The molecule has 1 N–H and O–H groups in total. The minimum absolute atomic E-state index is 0.323. The third-order valence-electron chi connectivity index (χ3n) is 3.10. The van der Waals surface area contributed by atoms with Crippen LogP contribution in [0, 0.1) is 0 Å². The van der Waals surface area contributed by atoms with Crippen molar-refractivity contribution >= 4 is 49.2 Å². The van der Waals surface area contributed by atoms with Crippen molar-refractivity contribution in [2.45, 2.75) is 12.5 Å². The van der Waals surface area contributed by atoms with Crippen LogP contribution >= 0.6 is 32.3 Å². The molecule has 0 amide bonds. The molecule has 0 aliphatic heterocycles. The number of rotatable bonds is 5. The molecule has 7 heteroatoms. The fraction of sp³-hybridized carbons (Fsp3) is 0.308. The van der Waals surface area contributed by atoms with Gasteiger partial charge in [-0.15, -0.1) is 0 Å². The lowest BCUT2D eigenvalue weighted by atomic mass is 10.1. The quantitative estimate of drug-likeness (QED) is 0.613. The van der Waals surface area contributed by atoms with Gasteiger partial charge in [0.25, 0.3) is 0 Å². The highest BCUT2D eigenvalue weighted by atomic mass is 79.9. The van der Waals surface area contributed by atoms with Gasteiger partial charge in [0, 0.05) is 55.8 Å². The fourth-order valence-corrected chi connectivity index (χ4v) is 2.65. The first kappa shape index (κ1) is 15.3. The zero-order valence-corrected chi connectivity index (χ0v) is 14.2. The molecule has 0 aliphatic carbocycles. The number of aromatic nitrogens is 1. The fourth-order valence-electron chi connectivity index (χ4n) is 2.03. The van der Waals surface area contributed by atoms with Crippen LogP contribution in [0.2, 0.25) is 0 Å². The maximum Gasteiger partial charge on any atom is 0.325 e. The number of hydrogen-bond donors (Lipinski definition) is 1. The number of H-pyrrole nitrogens is 1. The second kappa shape index (κ2) is 6.60. The van der Waals surface area contributed by atoms with Crippen LogP contribution in [0.3, 0.4) is 0 Å². The Kier molecular flexibility index (Phi) is 5.06. The standard InChI is InChI=1S/C13H14Br2N2O3/c1-19-9-3-4-11-10(6-9)8(7-16-11)5-12(17(14)15)13(18)20-2/h3-4,6-7,12,16H,5H2,1-2H3/t12-/m0/s1. The maximum atomic E-state index is 11.8. The number of halogens is 2. The van der Waals surface area contributed by atoms with Gasteiger partial charge in [0.1, 0.15) is 11.8 Å². The van der Waals surface area contributed by atoms with Gasteiger partial charge in [-0.1, -0.05) is 0 Å². The van der Waals surface area contributed by atoms with E-state index < -0.39 is 6.04 Å². The minimum Gasteiger partial charge on any atom is -0.497 e. The van der Waals surface area contributed by atoms with Crippen LogP contribution in [0.15, 0.2) is 24.4 Å². The van der Waals surface area contributed by atoms with Crippen molar-refractivity contribution in [2.75, 3.05) is 14.2 Å². The molecule has 0 unspecified atom stereocenters. The number of aromatic amines is 1. The van der Waals surface area contributed by atoms with Crippen LogP contribution in [-0.4, -0.2) is 34.2 Å². The molecule has 0 bridgehead atoms. The summed E-state index contributed by atoms with van der Waals surface area (Å²) in [5.41, 5.74) is 2.01. The van der Waals surface area contributed by atoms with Gasteiger partial charge in [-0.25, -0.2) is 0 Å². The van der Waals surface area contributed by atoms with E-state index in [0.717, 1.165) is 22.2 Å². The summed E-state index contributed by atoms with van der Waals surface area (Å²) in [6.45, 7) is 0. The summed E-state index contributed by atoms with van der Waals surface area (Å²) in [5, 5.41) is 1.03. The summed E-state index contributed by atoms with van der Waals surface area (Å²) in [7, 11) is 3.00. The van der Waals surface area contributed by atoms with Crippen molar-refractivity contribution in [1.82, 2.24) is 7.94 Å². The number of benzene rings is 1. The second-order valence-corrected chi connectivity index (χ2v) is 6.71. The summed E-state index contributed by atoms with van der Waals surface area (Å²) in [5.74, 6) is 0.457. The van der Waals surface area contributed by atoms with Crippen LogP contribution in [0.4, 0.5) is 0 Å². The summed E-state index contributed by atoms with van der Waals surface area (Å²) in [6, 6.07) is 5.32. The Morgan fingerprint density at radius 2 is 2.15 bits per heavy atom. The zero-order valence-electron chi connectivity index (χ0n) is 11.0. The van der Waals surface area contributed by atoms with E-state index in [9.17, 15) is 4.79 Å². The number of esters is 1. The Bertz CT molecular complexity index is 613. The Labute approximate surface area is 133 Å². The minimum atomic E-state index is -0.467. The van der Waals surface area contributed by atoms with Gasteiger partial charge in [-0.2, -0.15) is 2.95 Å². The highest BCUT2D eigenvalue weighted by Crippen LogP contribution is 2.26. The SMILES string of the molecule is COC(=O)[C@H](Cc1c[nH]c2ccc(OC)cc12)N(Br)Br. The van der Waals surface area contributed by atoms with E-state index in [2.05, 4.69) is 37.3 Å². The lowest BCUT2D eigenvalue weighted by Gasteiger charge is -2.17. The lowest BCUT2D eigenvalue weighted by Crippen LogP contribution is -2.32. The Morgan fingerprint density at radius 3 is 2.75 bits per heavy atom. The largest absolute Gasteiger partial charge is 0.497 e. The molecule has 108 valence electrons. The number of carbonyl (C=O) groups excluding carboxylic acids is 1. The third-order valence-corrected chi connectivity index (χ3v) is 4.09. The zero-order chi connectivity index (χ0) is 14.7. The number of methoxy groups -OCH3 is 2. The average molecular weight is 406 g/mol. The summed E-state index contributed by atoms with van der Waals surface area (Å²) in [6.07, 6.45) is 2.39. The number of hydrogen-bond acceptors (Lipinski definition) is 4. The molecule has 2 rings (SSSR count). The normalized spacial score (nSPS) is 12.7. The molecule has 0 aliphatic rings. The Hall–Kier alpha value is -1.05. The molecule has 1 aromatic carbocycles. The van der Waals surface area contributed by atoms with Crippen molar-refractivity contribution in [2.24, 2.45) is 0 Å². The first-order chi connectivity index (χ1) is 9.56. The summed E-state index contributed by atoms with van der Waals surface area (Å²) in [4.78, 5) is 15.0. The van der Waals surface area contributed by atoms with Crippen LogP contribution < -0.4 is 4.74 Å². The number of ether oxygens (including phenoxy) is 2. The molecular formula is C13H14Br2N2O3. The van der Waals surface area contributed by atoms with E-state index in [1.807, 2.05) is 24.4 Å².